The molecule has 7 nitrogen and oxygen atoms in total. The van der Waals surface area contributed by atoms with Gasteiger partial charge in [-0.1, -0.05) is 47.5 Å². The average molecular weight is 639 g/mol. The van der Waals surface area contributed by atoms with E-state index in [9.17, 15) is 8.78 Å². The van der Waals surface area contributed by atoms with Gasteiger partial charge < -0.3 is 19.7 Å². The lowest BCUT2D eigenvalue weighted by molar-refractivity contribution is 0.107. The van der Waals surface area contributed by atoms with Crippen molar-refractivity contribution in [3.05, 3.63) is 52.3 Å². The molecular formula is C33H31Cl2F2N5O2. The van der Waals surface area contributed by atoms with Gasteiger partial charge in [0.25, 0.3) is 0 Å². The molecule has 0 saturated carbocycles. The molecule has 0 aliphatic carbocycles. The first-order chi connectivity index (χ1) is 21.4. The number of hydrogen-bond acceptors (Lipinski definition) is 7. The van der Waals surface area contributed by atoms with Crippen LogP contribution in [0.2, 0.25) is 10.0 Å². The van der Waals surface area contributed by atoms with E-state index in [2.05, 4.69) is 15.1 Å². The van der Waals surface area contributed by atoms with Gasteiger partial charge in [0.1, 0.15) is 31.0 Å². The molecule has 11 heteroatoms. The van der Waals surface area contributed by atoms with Crippen molar-refractivity contribution in [2.45, 2.75) is 61.9 Å². The molecular weight excluding hydrogens is 607 g/mol. The highest BCUT2D eigenvalue weighted by Gasteiger charge is 2.50. The molecule has 2 bridgehead atoms. The molecule has 0 amide bonds. The second-order valence-electron chi connectivity index (χ2n) is 13.0. The van der Waals surface area contributed by atoms with Crippen LogP contribution in [0, 0.1) is 5.82 Å². The molecule has 5 aliphatic rings. The quantitative estimate of drug-likeness (QED) is 0.272. The molecule has 1 aromatic heterocycles. The first-order valence-electron chi connectivity index (χ1n) is 15.5. The minimum Gasteiger partial charge on any atom is -0.489 e. The second kappa shape index (κ2) is 10.0. The third kappa shape index (κ3) is 4.05. The van der Waals surface area contributed by atoms with Crippen LogP contribution in [0.25, 0.3) is 32.8 Å². The van der Waals surface area contributed by atoms with Gasteiger partial charge in [-0.05, 0) is 55.3 Å². The molecule has 3 unspecified atom stereocenters. The first kappa shape index (κ1) is 27.3. The predicted octanol–water partition coefficient (Wildman–Crippen LogP) is 6.55. The third-order valence-electron chi connectivity index (χ3n) is 10.5. The SMILES string of the molecule is Fc1ccc2cccc(-c3cc4nc(OC[C@@]56CCCN5C[C@H](F)C6)nc5c4c(c3Cl)OCC3C4CCC(CN53)N4)c2c1Cl. The third-order valence-corrected chi connectivity index (χ3v) is 11.3. The van der Waals surface area contributed by atoms with Crippen molar-refractivity contribution < 1.29 is 18.3 Å². The van der Waals surface area contributed by atoms with E-state index in [0.717, 1.165) is 55.4 Å². The van der Waals surface area contributed by atoms with Crippen molar-refractivity contribution in [1.29, 1.82) is 0 Å². The van der Waals surface area contributed by atoms with Crippen LogP contribution in [0.3, 0.4) is 0 Å². The summed E-state index contributed by atoms with van der Waals surface area (Å²) in [6.07, 6.45) is 3.70. The molecule has 44 heavy (non-hydrogen) atoms. The number of nitrogens with one attached hydrogen (secondary N) is 1. The summed E-state index contributed by atoms with van der Waals surface area (Å²) in [4.78, 5) is 14.5. The lowest BCUT2D eigenvalue weighted by atomic mass is 9.95. The minimum absolute atomic E-state index is 0.0378. The predicted molar refractivity (Wildman–Crippen MR) is 168 cm³/mol. The lowest BCUT2D eigenvalue weighted by Crippen LogP contribution is -2.60. The maximum atomic E-state index is 14.7. The fourth-order valence-electron chi connectivity index (χ4n) is 8.49. The zero-order valence-electron chi connectivity index (χ0n) is 24.0. The Morgan fingerprint density at radius 2 is 1.98 bits per heavy atom. The Morgan fingerprint density at radius 1 is 1.07 bits per heavy atom. The highest BCUT2D eigenvalue weighted by atomic mass is 35.5. The first-order valence-corrected chi connectivity index (χ1v) is 16.2. The maximum absolute atomic E-state index is 14.7. The molecule has 5 atom stereocenters. The molecule has 4 aromatic rings. The standard InChI is InChI=1S/C33H31Cl2F2N5O2/c34-28-21(20-4-1-3-17-5-7-22(37)29(35)26(17)20)11-24-27-30(28)43-15-25-23-8-6-19(38-23)14-42(25)31(27)40-32(39-24)44-16-33-9-2-10-41(33)13-18(36)12-33/h1,3-5,7,11,18-19,23,25,38H,2,6,8-10,12-16H2/t18-,19?,23?,25?,33+/m1/s1. The van der Waals surface area contributed by atoms with Crippen LogP contribution in [0.5, 0.6) is 11.8 Å². The molecule has 9 rings (SSSR count). The summed E-state index contributed by atoms with van der Waals surface area (Å²) in [7, 11) is 0. The topological polar surface area (TPSA) is 62.8 Å². The highest BCUT2D eigenvalue weighted by Crippen LogP contribution is 2.49. The number of benzene rings is 3. The zero-order valence-corrected chi connectivity index (χ0v) is 25.5. The number of anilines is 1. The molecule has 1 N–H and O–H groups in total. The molecule has 4 saturated heterocycles. The van der Waals surface area contributed by atoms with Gasteiger partial charge in [-0.15, -0.1) is 0 Å². The molecule has 5 aliphatic heterocycles. The maximum Gasteiger partial charge on any atom is 0.319 e. The van der Waals surface area contributed by atoms with Crippen LogP contribution in [-0.2, 0) is 0 Å². The summed E-state index contributed by atoms with van der Waals surface area (Å²) in [5.41, 5.74) is 1.61. The van der Waals surface area contributed by atoms with E-state index in [0.29, 0.717) is 65.0 Å². The number of aromatic nitrogens is 2. The fraction of sp³-hybridized carbons (Fsp3) is 0.455. The summed E-state index contributed by atoms with van der Waals surface area (Å²) < 4.78 is 42.2. The molecule has 0 radical (unpaired) electrons. The minimum atomic E-state index is -0.847. The van der Waals surface area contributed by atoms with Gasteiger partial charge in [0.2, 0.25) is 0 Å². The van der Waals surface area contributed by atoms with Gasteiger partial charge in [0.05, 0.1) is 32.5 Å². The van der Waals surface area contributed by atoms with E-state index in [4.69, 9.17) is 42.6 Å². The van der Waals surface area contributed by atoms with Crippen molar-refractivity contribution in [1.82, 2.24) is 20.2 Å². The molecule has 228 valence electrons. The summed E-state index contributed by atoms with van der Waals surface area (Å²) in [6.45, 7) is 2.88. The van der Waals surface area contributed by atoms with Crippen LogP contribution in [0.15, 0.2) is 36.4 Å². The number of fused-ring (bicyclic) bond motifs is 7. The normalized spacial score (nSPS) is 29.1. The number of hydrogen-bond donors (Lipinski definition) is 1. The monoisotopic (exact) mass is 637 g/mol. The van der Waals surface area contributed by atoms with E-state index in [-0.39, 0.29) is 28.7 Å². The molecule has 4 fully saturated rings. The highest BCUT2D eigenvalue weighted by molar-refractivity contribution is 6.39. The number of nitrogens with zero attached hydrogens (tertiary/aromatic N) is 4. The van der Waals surface area contributed by atoms with E-state index >= 15 is 0 Å². The van der Waals surface area contributed by atoms with Gasteiger partial charge in [-0.25, -0.2) is 8.78 Å². The van der Waals surface area contributed by atoms with Gasteiger partial charge in [0.15, 0.2) is 5.75 Å². The smallest absolute Gasteiger partial charge is 0.319 e. The fourth-order valence-corrected chi connectivity index (χ4v) is 9.07. The molecule has 0 spiro atoms. The van der Waals surface area contributed by atoms with Gasteiger partial charge in [0, 0.05) is 42.5 Å². The van der Waals surface area contributed by atoms with Gasteiger partial charge >= 0.3 is 6.01 Å². The van der Waals surface area contributed by atoms with Crippen molar-refractivity contribution in [3.8, 4) is 22.9 Å². The summed E-state index contributed by atoms with van der Waals surface area (Å²) in [5, 5.41) is 6.29. The van der Waals surface area contributed by atoms with E-state index in [1.807, 2.05) is 24.3 Å². The number of rotatable bonds is 4. The summed E-state index contributed by atoms with van der Waals surface area (Å²) in [6, 6.07) is 11.6. The van der Waals surface area contributed by atoms with Crippen LogP contribution in [0.1, 0.15) is 32.1 Å². The Kier molecular flexibility index (Phi) is 6.22. The van der Waals surface area contributed by atoms with E-state index < -0.39 is 12.0 Å². The number of halogens is 4. The Labute approximate surface area is 263 Å². The van der Waals surface area contributed by atoms with Crippen molar-refractivity contribution in [2.24, 2.45) is 0 Å². The van der Waals surface area contributed by atoms with E-state index in [1.165, 1.54) is 6.07 Å². The number of ether oxygens (including phenoxy) is 2. The van der Waals surface area contributed by atoms with Gasteiger partial charge in [-0.2, -0.15) is 9.97 Å². The van der Waals surface area contributed by atoms with E-state index in [1.54, 1.807) is 6.07 Å². The van der Waals surface area contributed by atoms with Crippen molar-refractivity contribution in [2.75, 3.05) is 37.7 Å². The average Bonchev–Trinajstić information content (AvgIpc) is 3.65. The van der Waals surface area contributed by atoms with Crippen LogP contribution < -0.4 is 19.7 Å². The van der Waals surface area contributed by atoms with Gasteiger partial charge in [-0.3, -0.25) is 4.90 Å². The van der Waals surface area contributed by atoms with Crippen molar-refractivity contribution in [3.63, 3.8) is 0 Å². The Hall–Kier alpha value is -2.98. The van der Waals surface area contributed by atoms with Crippen LogP contribution in [0.4, 0.5) is 14.6 Å². The molecule has 6 heterocycles. The molecule has 3 aromatic carbocycles. The van der Waals surface area contributed by atoms with Crippen LogP contribution in [-0.4, -0.2) is 77.6 Å². The van der Waals surface area contributed by atoms with Crippen LogP contribution >= 0.6 is 23.2 Å². The Bertz CT molecular complexity index is 1840. The number of piperazine rings is 1. The zero-order chi connectivity index (χ0) is 29.7. The Morgan fingerprint density at radius 3 is 2.89 bits per heavy atom. The second-order valence-corrected chi connectivity index (χ2v) is 13.8. The Balaban J connectivity index is 1.22. The number of alkyl halides is 1. The summed E-state index contributed by atoms with van der Waals surface area (Å²) >= 11 is 13.8. The van der Waals surface area contributed by atoms with Crippen molar-refractivity contribution >= 4 is 50.7 Å². The largest absolute Gasteiger partial charge is 0.489 e. The summed E-state index contributed by atoms with van der Waals surface area (Å²) in [5.74, 6) is 0.750. The lowest BCUT2D eigenvalue weighted by Gasteiger charge is -2.40.